The lowest BCUT2D eigenvalue weighted by Gasteiger charge is -2.35. The van der Waals surface area contributed by atoms with Gasteiger partial charge in [-0.3, -0.25) is 0 Å². The number of hydrogen-bond donors (Lipinski definition) is 1. The zero-order chi connectivity index (χ0) is 12.0. The van der Waals surface area contributed by atoms with Gasteiger partial charge in [0, 0.05) is 0 Å². The van der Waals surface area contributed by atoms with Crippen molar-refractivity contribution in [2.24, 2.45) is 23.5 Å². The first-order chi connectivity index (χ1) is 7.67. The molecule has 16 heavy (non-hydrogen) atoms. The zero-order valence-electron chi connectivity index (χ0n) is 11.2. The summed E-state index contributed by atoms with van der Waals surface area (Å²) in [4.78, 5) is 0. The minimum Gasteiger partial charge on any atom is -0.378 e. The van der Waals surface area contributed by atoms with Crippen molar-refractivity contribution >= 4 is 0 Å². The Morgan fingerprint density at radius 2 is 2.00 bits per heavy atom. The highest BCUT2D eigenvalue weighted by Gasteiger charge is 2.29. The minimum absolute atomic E-state index is 0.352. The lowest BCUT2D eigenvalue weighted by molar-refractivity contribution is 0.0133. The number of hydrogen-bond acceptors (Lipinski definition) is 2. The van der Waals surface area contributed by atoms with Crippen LogP contribution in [0.25, 0.3) is 0 Å². The molecule has 0 saturated heterocycles. The third kappa shape index (κ3) is 4.42. The van der Waals surface area contributed by atoms with Crippen LogP contribution >= 0.6 is 0 Å². The van der Waals surface area contributed by atoms with Crippen LogP contribution in [0.5, 0.6) is 0 Å². The van der Waals surface area contributed by atoms with Gasteiger partial charge >= 0.3 is 0 Å². The quantitative estimate of drug-likeness (QED) is 0.756. The van der Waals surface area contributed by atoms with Crippen LogP contribution in [-0.2, 0) is 4.74 Å². The zero-order valence-corrected chi connectivity index (χ0v) is 11.2. The molecule has 0 aromatic heterocycles. The Kier molecular flexibility index (Phi) is 6.37. The van der Waals surface area contributed by atoms with E-state index < -0.39 is 0 Å². The second-order valence-electron chi connectivity index (χ2n) is 5.61. The topological polar surface area (TPSA) is 35.2 Å². The highest BCUT2D eigenvalue weighted by atomic mass is 16.5. The first-order valence-electron chi connectivity index (χ1n) is 6.99. The molecule has 1 saturated carbocycles. The van der Waals surface area contributed by atoms with E-state index in [4.69, 9.17) is 10.5 Å². The molecule has 0 aromatic carbocycles. The van der Waals surface area contributed by atoms with E-state index >= 15 is 0 Å². The largest absolute Gasteiger partial charge is 0.378 e. The Morgan fingerprint density at radius 3 is 2.56 bits per heavy atom. The Labute approximate surface area is 101 Å². The molecule has 1 aliphatic carbocycles. The van der Waals surface area contributed by atoms with Crippen molar-refractivity contribution in [2.45, 2.75) is 59.0 Å². The molecule has 2 heteroatoms. The van der Waals surface area contributed by atoms with Crippen molar-refractivity contribution in [1.82, 2.24) is 0 Å². The molecular weight excluding hydrogens is 198 g/mol. The molecule has 1 aliphatic rings. The first-order valence-corrected chi connectivity index (χ1v) is 6.99. The fourth-order valence-corrected chi connectivity index (χ4v) is 2.92. The van der Waals surface area contributed by atoms with E-state index in [1.54, 1.807) is 0 Å². The van der Waals surface area contributed by atoms with Crippen LogP contribution in [0.4, 0.5) is 0 Å². The van der Waals surface area contributed by atoms with E-state index in [2.05, 4.69) is 20.8 Å². The standard InChI is InChI=1S/C14H29NO/c1-4-5-12-6-7-13(9-15)14(8-12)10-16-11(2)3/h11-14H,4-10,15H2,1-3H3. The van der Waals surface area contributed by atoms with Gasteiger partial charge in [0.25, 0.3) is 0 Å². The minimum atomic E-state index is 0.352. The third-order valence-electron chi connectivity index (χ3n) is 3.89. The number of rotatable bonds is 6. The molecule has 0 spiro atoms. The van der Waals surface area contributed by atoms with Gasteiger partial charge in [-0.1, -0.05) is 26.2 Å². The van der Waals surface area contributed by atoms with Crippen molar-refractivity contribution in [1.29, 1.82) is 0 Å². The van der Waals surface area contributed by atoms with Gasteiger partial charge in [-0.05, 0) is 51.0 Å². The van der Waals surface area contributed by atoms with Crippen LogP contribution in [0, 0.1) is 17.8 Å². The van der Waals surface area contributed by atoms with Gasteiger partial charge in [0.15, 0.2) is 0 Å². The maximum atomic E-state index is 5.86. The molecule has 2 N–H and O–H groups in total. The molecule has 0 amide bonds. The normalized spacial score (nSPS) is 30.9. The summed E-state index contributed by atoms with van der Waals surface area (Å²) in [5, 5.41) is 0. The monoisotopic (exact) mass is 227 g/mol. The van der Waals surface area contributed by atoms with E-state index in [9.17, 15) is 0 Å². The summed E-state index contributed by atoms with van der Waals surface area (Å²) in [6, 6.07) is 0. The van der Waals surface area contributed by atoms with Gasteiger partial charge in [0.05, 0.1) is 12.7 Å². The summed E-state index contributed by atoms with van der Waals surface area (Å²) >= 11 is 0. The number of nitrogens with two attached hydrogens (primary N) is 1. The van der Waals surface area contributed by atoms with Crippen LogP contribution in [0.2, 0.25) is 0 Å². The molecule has 3 atom stereocenters. The maximum absolute atomic E-state index is 5.86. The fourth-order valence-electron chi connectivity index (χ4n) is 2.92. The van der Waals surface area contributed by atoms with Crippen LogP contribution < -0.4 is 5.73 Å². The molecule has 0 aromatic rings. The molecule has 0 radical (unpaired) electrons. The molecule has 3 unspecified atom stereocenters. The van der Waals surface area contributed by atoms with Gasteiger partial charge in [0.1, 0.15) is 0 Å². The van der Waals surface area contributed by atoms with E-state index in [0.717, 1.165) is 19.1 Å². The molecule has 0 aliphatic heterocycles. The number of ether oxygens (including phenoxy) is 1. The molecular formula is C14H29NO. The summed E-state index contributed by atoms with van der Waals surface area (Å²) in [5.74, 6) is 2.33. The van der Waals surface area contributed by atoms with Crippen molar-refractivity contribution < 1.29 is 4.74 Å². The molecule has 2 nitrogen and oxygen atoms in total. The summed E-state index contributed by atoms with van der Waals surface area (Å²) < 4.78 is 5.78. The van der Waals surface area contributed by atoms with Crippen LogP contribution in [0.15, 0.2) is 0 Å². The maximum Gasteiger partial charge on any atom is 0.0519 e. The fraction of sp³-hybridized carbons (Fsp3) is 1.00. The molecule has 0 bridgehead atoms. The van der Waals surface area contributed by atoms with Gasteiger partial charge in [-0.2, -0.15) is 0 Å². The average Bonchev–Trinajstić information content (AvgIpc) is 2.27. The second kappa shape index (κ2) is 7.29. The molecule has 1 fully saturated rings. The lowest BCUT2D eigenvalue weighted by Crippen LogP contribution is -2.33. The lowest BCUT2D eigenvalue weighted by atomic mass is 9.73. The van der Waals surface area contributed by atoms with Gasteiger partial charge in [-0.25, -0.2) is 0 Å². The predicted octanol–water partition coefficient (Wildman–Crippen LogP) is 3.20. The van der Waals surface area contributed by atoms with E-state index in [1.165, 1.54) is 32.1 Å². The van der Waals surface area contributed by atoms with Crippen molar-refractivity contribution in [3.05, 3.63) is 0 Å². The summed E-state index contributed by atoms with van der Waals surface area (Å²) in [6.45, 7) is 8.27. The van der Waals surface area contributed by atoms with Crippen molar-refractivity contribution in [3.8, 4) is 0 Å². The van der Waals surface area contributed by atoms with Crippen LogP contribution in [0.1, 0.15) is 52.9 Å². The van der Waals surface area contributed by atoms with Crippen LogP contribution in [-0.4, -0.2) is 19.3 Å². The summed E-state index contributed by atoms with van der Waals surface area (Å²) in [6.07, 6.45) is 7.08. The SMILES string of the molecule is CCCC1CCC(CN)C(COC(C)C)C1. The smallest absolute Gasteiger partial charge is 0.0519 e. The molecule has 0 heterocycles. The Hall–Kier alpha value is -0.0800. The first kappa shape index (κ1) is 14.0. The van der Waals surface area contributed by atoms with Gasteiger partial charge in [-0.15, -0.1) is 0 Å². The van der Waals surface area contributed by atoms with Gasteiger partial charge in [0.2, 0.25) is 0 Å². The average molecular weight is 227 g/mol. The predicted molar refractivity (Wildman–Crippen MR) is 69.4 cm³/mol. The van der Waals surface area contributed by atoms with Gasteiger partial charge < -0.3 is 10.5 Å². The molecule has 1 rings (SSSR count). The van der Waals surface area contributed by atoms with E-state index in [0.29, 0.717) is 17.9 Å². The van der Waals surface area contributed by atoms with Crippen molar-refractivity contribution in [3.63, 3.8) is 0 Å². The Morgan fingerprint density at radius 1 is 1.25 bits per heavy atom. The van der Waals surface area contributed by atoms with E-state index in [-0.39, 0.29) is 0 Å². The Bertz CT molecular complexity index is 182. The highest BCUT2D eigenvalue weighted by Crippen LogP contribution is 2.35. The van der Waals surface area contributed by atoms with Crippen molar-refractivity contribution in [2.75, 3.05) is 13.2 Å². The summed E-state index contributed by atoms with van der Waals surface area (Å²) in [5.41, 5.74) is 5.86. The molecule has 96 valence electrons. The van der Waals surface area contributed by atoms with Crippen LogP contribution in [0.3, 0.4) is 0 Å². The highest BCUT2D eigenvalue weighted by molar-refractivity contribution is 4.80. The Balaban J connectivity index is 2.40. The third-order valence-corrected chi connectivity index (χ3v) is 3.89. The second-order valence-corrected chi connectivity index (χ2v) is 5.61. The summed E-state index contributed by atoms with van der Waals surface area (Å²) in [7, 11) is 0. The van der Waals surface area contributed by atoms with E-state index in [1.807, 2.05) is 0 Å².